The van der Waals surface area contributed by atoms with E-state index >= 15 is 0 Å². The van der Waals surface area contributed by atoms with E-state index in [2.05, 4.69) is 5.32 Å². The summed E-state index contributed by atoms with van der Waals surface area (Å²) in [4.78, 5) is 13.3. The molecule has 0 bridgehead atoms. The van der Waals surface area contributed by atoms with Gasteiger partial charge in [0.25, 0.3) is 5.91 Å². The molecule has 2 nitrogen and oxygen atoms in total. The second kappa shape index (κ2) is 5.43. The van der Waals surface area contributed by atoms with Crippen molar-refractivity contribution in [2.75, 3.05) is 6.54 Å². The van der Waals surface area contributed by atoms with Crippen molar-refractivity contribution in [3.05, 3.63) is 57.8 Å². The molecule has 1 amide bonds. The number of hydrogen-bond acceptors (Lipinski definition) is 2. The SMILES string of the molecule is O=C(NCC1(c2cccs2)CC1)c1ccccc1C(F)(F)F. The average molecular weight is 325 g/mol. The van der Waals surface area contributed by atoms with Crippen LogP contribution in [0, 0.1) is 0 Å². The Kier molecular flexibility index (Phi) is 3.72. The van der Waals surface area contributed by atoms with Gasteiger partial charge in [0.15, 0.2) is 0 Å². The molecule has 1 aliphatic carbocycles. The van der Waals surface area contributed by atoms with Gasteiger partial charge in [-0.05, 0) is 36.4 Å². The third-order valence-corrected chi connectivity index (χ3v) is 5.08. The lowest BCUT2D eigenvalue weighted by Gasteiger charge is -2.16. The molecule has 22 heavy (non-hydrogen) atoms. The van der Waals surface area contributed by atoms with E-state index in [1.54, 1.807) is 11.3 Å². The molecule has 0 atom stereocenters. The van der Waals surface area contributed by atoms with Crippen molar-refractivity contribution in [3.63, 3.8) is 0 Å². The van der Waals surface area contributed by atoms with E-state index in [0.29, 0.717) is 6.54 Å². The zero-order chi connectivity index (χ0) is 15.8. The molecule has 1 fully saturated rings. The fourth-order valence-electron chi connectivity index (χ4n) is 2.51. The standard InChI is InChI=1S/C16H14F3NOS/c17-16(18,19)12-5-2-1-4-11(12)14(21)20-10-15(7-8-15)13-6-3-9-22-13/h1-6,9H,7-8,10H2,(H,20,21). The molecule has 1 N–H and O–H groups in total. The van der Waals surface area contributed by atoms with E-state index in [-0.39, 0.29) is 11.0 Å². The first-order valence-electron chi connectivity index (χ1n) is 6.91. The summed E-state index contributed by atoms with van der Waals surface area (Å²) in [5.74, 6) is -0.671. The van der Waals surface area contributed by atoms with E-state index < -0.39 is 17.6 Å². The van der Waals surface area contributed by atoms with Crippen LogP contribution in [0.2, 0.25) is 0 Å². The van der Waals surface area contributed by atoms with Gasteiger partial charge in [-0.2, -0.15) is 13.2 Å². The monoisotopic (exact) mass is 325 g/mol. The fraction of sp³-hybridized carbons (Fsp3) is 0.312. The van der Waals surface area contributed by atoms with E-state index in [1.165, 1.54) is 23.1 Å². The van der Waals surface area contributed by atoms with Crippen molar-refractivity contribution >= 4 is 17.2 Å². The summed E-state index contributed by atoms with van der Waals surface area (Å²) in [6.07, 6.45) is -2.62. The molecule has 1 aromatic heterocycles. The van der Waals surface area contributed by atoms with E-state index in [9.17, 15) is 18.0 Å². The first kappa shape index (κ1) is 15.1. The topological polar surface area (TPSA) is 29.1 Å². The quantitative estimate of drug-likeness (QED) is 0.895. The molecule has 0 radical (unpaired) electrons. The van der Waals surface area contributed by atoms with Gasteiger partial charge in [-0.15, -0.1) is 11.3 Å². The van der Waals surface area contributed by atoms with Crippen LogP contribution in [0.15, 0.2) is 41.8 Å². The molecule has 6 heteroatoms. The number of nitrogens with one attached hydrogen (secondary N) is 1. The number of thiophene rings is 1. The maximum absolute atomic E-state index is 12.9. The Balaban J connectivity index is 1.74. The largest absolute Gasteiger partial charge is 0.417 e. The molecule has 1 aromatic carbocycles. The molecule has 116 valence electrons. The minimum absolute atomic E-state index is 0.0863. The van der Waals surface area contributed by atoms with Crippen LogP contribution in [0.1, 0.15) is 33.6 Å². The molecule has 1 aliphatic rings. The van der Waals surface area contributed by atoms with Gasteiger partial charge in [-0.3, -0.25) is 4.79 Å². The zero-order valence-corrected chi connectivity index (χ0v) is 12.4. The average Bonchev–Trinajstić information content (AvgIpc) is 3.07. The third kappa shape index (κ3) is 2.88. The van der Waals surface area contributed by atoms with Crippen molar-refractivity contribution in [1.82, 2.24) is 5.32 Å². The van der Waals surface area contributed by atoms with E-state index in [4.69, 9.17) is 0 Å². The van der Waals surface area contributed by atoms with Crippen molar-refractivity contribution in [2.24, 2.45) is 0 Å². The Labute approximate surface area is 130 Å². The smallest absolute Gasteiger partial charge is 0.351 e. The first-order valence-corrected chi connectivity index (χ1v) is 7.79. The van der Waals surface area contributed by atoms with Crippen LogP contribution < -0.4 is 5.32 Å². The van der Waals surface area contributed by atoms with Gasteiger partial charge in [0.1, 0.15) is 0 Å². The van der Waals surface area contributed by atoms with Gasteiger partial charge in [-0.25, -0.2) is 0 Å². The maximum atomic E-state index is 12.9. The molecular weight excluding hydrogens is 311 g/mol. The van der Waals surface area contributed by atoms with Crippen LogP contribution in [-0.2, 0) is 11.6 Å². The van der Waals surface area contributed by atoms with Gasteiger partial charge in [0.05, 0.1) is 11.1 Å². The fourth-order valence-corrected chi connectivity index (χ4v) is 3.50. The van der Waals surface area contributed by atoms with Gasteiger partial charge in [-0.1, -0.05) is 18.2 Å². The lowest BCUT2D eigenvalue weighted by Crippen LogP contribution is -2.33. The van der Waals surface area contributed by atoms with Crippen molar-refractivity contribution < 1.29 is 18.0 Å². The maximum Gasteiger partial charge on any atom is 0.417 e. The highest BCUT2D eigenvalue weighted by Crippen LogP contribution is 2.49. The molecule has 3 rings (SSSR count). The molecular formula is C16H14F3NOS. The number of benzene rings is 1. The summed E-state index contributed by atoms with van der Waals surface area (Å²) in [6, 6.07) is 8.82. The Morgan fingerprint density at radius 1 is 1.18 bits per heavy atom. The predicted octanol–water partition coefficient (Wildman–Crippen LogP) is 4.23. The molecule has 0 unspecified atom stereocenters. The van der Waals surface area contributed by atoms with Crippen LogP contribution in [0.4, 0.5) is 13.2 Å². The number of alkyl halides is 3. The molecule has 0 aliphatic heterocycles. The summed E-state index contributed by atoms with van der Waals surface area (Å²) >= 11 is 1.62. The molecule has 1 saturated carbocycles. The van der Waals surface area contributed by atoms with Crippen LogP contribution in [0.3, 0.4) is 0 Å². The molecule has 0 spiro atoms. The van der Waals surface area contributed by atoms with Gasteiger partial charge < -0.3 is 5.32 Å². The number of carbonyl (C=O) groups is 1. The zero-order valence-electron chi connectivity index (χ0n) is 11.6. The molecule has 2 aromatic rings. The summed E-state index contributed by atoms with van der Waals surface area (Å²) < 4.78 is 38.8. The second-order valence-corrected chi connectivity index (χ2v) is 6.43. The van der Waals surface area contributed by atoms with Crippen LogP contribution in [0.5, 0.6) is 0 Å². The highest BCUT2D eigenvalue weighted by molar-refractivity contribution is 7.10. The van der Waals surface area contributed by atoms with Crippen molar-refractivity contribution in [1.29, 1.82) is 0 Å². The number of halogens is 3. The summed E-state index contributed by atoms with van der Waals surface area (Å²) in [7, 11) is 0. The Hall–Kier alpha value is -1.82. The van der Waals surface area contributed by atoms with Crippen LogP contribution in [-0.4, -0.2) is 12.5 Å². The Morgan fingerprint density at radius 2 is 1.91 bits per heavy atom. The van der Waals surface area contributed by atoms with Crippen LogP contribution in [0.25, 0.3) is 0 Å². The third-order valence-electron chi connectivity index (χ3n) is 3.96. The minimum atomic E-state index is -4.53. The number of hydrogen-bond donors (Lipinski definition) is 1. The summed E-state index contributed by atoms with van der Waals surface area (Å²) in [6.45, 7) is 0.374. The number of rotatable bonds is 4. The van der Waals surface area contributed by atoms with E-state index in [0.717, 1.165) is 18.9 Å². The summed E-state index contributed by atoms with van der Waals surface area (Å²) in [5, 5.41) is 4.64. The second-order valence-electron chi connectivity index (χ2n) is 5.48. The highest BCUT2D eigenvalue weighted by Gasteiger charge is 2.45. The molecule has 1 heterocycles. The highest BCUT2D eigenvalue weighted by atomic mass is 32.1. The van der Waals surface area contributed by atoms with E-state index in [1.807, 2.05) is 17.5 Å². The Morgan fingerprint density at radius 3 is 2.50 bits per heavy atom. The van der Waals surface area contributed by atoms with Gasteiger partial charge in [0.2, 0.25) is 0 Å². The van der Waals surface area contributed by atoms with Crippen LogP contribution >= 0.6 is 11.3 Å². The van der Waals surface area contributed by atoms with Gasteiger partial charge >= 0.3 is 6.18 Å². The van der Waals surface area contributed by atoms with Crippen molar-refractivity contribution in [2.45, 2.75) is 24.4 Å². The van der Waals surface area contributed by atoms with Crippen molar-refractivity contribution in [3.8, 4) is 0 Å². The molecule has 0 saturated heterocycles. The first-order chi connectivity index (χ1) is 10.4. The van der Waals surface area contributed by atoms with Gasteiger partial charge in [0, 0.05) is 16.8 Å². The number of carbonyl (C=O) groups excluding carboxylic acids is 1. The lowest BCUT2D eigenvalue weighted by atomic mass is 10.0. The lowest BCUT2D eigenvalue weighted by molar-refractivity contribution is -0.137. The predicted molar refractivity (Wildman–Crippen MR) is 79.0 cm³/mol. The summed E-state index contributed by atoms with van der Waals surface area (Å²) in [5.41, 5.74) is -1.30. The normalized spacial score (nSPS) is 16.3. The minimum Gasteiger partial charge on any atom is -0.351 e. The Bertz CT molecular complexity index is 675. The number of amides is 1.